The van der Waals surface area contributed by atoms with Crippen LogP contribution in [0.2, 0.25) is 0 Å². The number of nitrogens with zero attached hydrogens (tertiary/aromatic N) is 3. The molecule has 1 aromatic carbocycles. The summed E-state index contributed by atoms with van der Waals surface area (Å²) in [7, 11) is 0. The van der Waals surface area contributed by atoms with Crippen molar-refractivity contribution < 1.29 is 0 Å². The maximum atomic E-state index is 12.7. The highest BCUT2D eigenvalue weighted by atomic mass is 16.1. The van der Waals surface area contributed by atoms with Crippen LogP contribution < -0.4 is 5.56 Å². The Balaban J connectivity index is 1.48. The second-order valence-corrected chi connectivity index (χ2v) is 7.82. The number of terminal acetylenes is 1. The molecule has 1 unspecified atom stereocenters. The normalized spacial score (nSPS) is 18.7. The third-order valence-electron chi connectivity index (χ3n) is 6.11. The molecular formula is C23H27N3O. The average Bonchev–Trinajstić information content (AvgIpc) is 3.07. The molecule has 4 heteroatoms. The summed E-state index contributed by atoms with van der Waals surface area (Å²) in [6.45, 7) is 5.34. The summed E-state index contributed by atoms with van der Waals surface area (Å²) in [5.41, 5.74) is 4.83. The summed E-state index contributed by atoms with van der Waals surface area (Å²) >= 11 is 0. The zero-order valence-electron chi connectivity index (χ0n) is 16.1. The molecule has 1 atom stereocenters. The summed E-state index contributed by atoms with van der Waals surface area (Å²) in [6.07, 6.45) is 10.8. The number of hydrogen-bond donors (Lipinski definition) is 0. The molecule has 0 bridgehead atoms. The molecule has 0 spiro atoms. The maximum Gasteiger partial charge on any atom is 0.277 e. The third-order valence-corrected chi connectivity index (χ3v) is 6.11. The Morgan fingerprint density at radius 3 is 2.96 bits per heavy atom. The van der Waals surface area contributed by atoms with Crippen molar-refractivity contribution in [2.45, 2.75) is 58.0 Å². The van der Waals surface area contributed by atoms with Crippen molar-refractivity contribution in [1.82, 2.24) is 14.5 Å². The Labute approximate surface area is 161 Å². The van der Waals surface area contributed by atoms with Crippen molar-refractivity contribution in [1.29, 1.82) is 0 Å². The van der Waals surface area contributed by atoms with Gasteiger partial charge in [0.15, 0.2) is 0 Å². The highest BCUT2D eigenvalue weighted by Crippen LogP contribution is 2.33. The molecule has 2 aliphatic rings. The molecule has 0 N–H and O–H groups in total. The fraction of sp³-hybridized carbons (Fsp3) is 0.478. The van der Waals surface area contributed by atoms with E-state index in [0.717, 1.165) is 56.6 Å². The van der Waals surface area contributed by atoms with E-state index in [-0.39, 0.29) is 5.56 Å². The van der Waals surface area contributed by atoms with Gasteiger partial charge in [0.1, 0.15) is 5.82 Å². The molecule has 0 aliphatic carbocycles. The van der Waals surface area contributed by atoms with Crippen LogP contribution in [0.5, 0.6) is 0 Å². The minimum atomic E-state index is -0.0382. The Morgan fingerprint density at radius 1 is 1.30 bits per heavy atom. The van der Waals surface area contributed by atoms with E-state index in [1.807, 2.05) is 0 Å². The summed E-state index contributed by atoms with van der Waals surface area (Å²) in [5, 5.41) is 0. The van der Waals surface area contributed by atoms with Crippen LogP contribution in [0.15, 0.2) is 29.1 Å². The van der Waals surface area contributed by atoms with Crippen LogP contribution in [-0.4, -0.2) is 27.5 Å². The van der Waals surface area contributed by atoms with E-state index in [9.17, 15) is 4.79 Å². The molecular weight excluding hydrogens is 334 g/mol. The largest absolute Gasteiger partial charge is 0.333 e. The van der Waals surface area contributed by atoms with E-state index < -0.39 is 0 Å². The van der Waals surface area contributed by atoms with E-state index in [0.29, 0.717) is 19.0 Å². The SMILES string of the molecule is C#CCN1CCc2c(c(=O)nc3n2CCC3CCCc2ccccc2C)C1. The van der Waals surface area contributed by atoms with Crippen molar-refractivity contribution in [3.05, 3.63) is 62.8 Å². The van der Waals surface area contributed by atoms with Gasteiger partial charge in [0.25, 0.3) is 5.56 Å². The van der Waals surface area contributed by atoms with E-state index in [1.54, 1.807) is 0 Å². The third kappa shape index (κ3) is 3.57. The van der Waals surface area contributed by atoms with Crippen LogP contribution in [0.25, 0.3) is 0 Å². The summed E-state index contributed by atoms with van der Waals surface area (Å²) in [5.74, 6) is 4.12. The van der Waals surface area contributed by atoms with E-state index in [4.69, 9.17) is 6.42 Å². The molecule has 2 aromatic rings. The van der Waals surface area contributed by atoms with Gasteiger partial charge in [-0.05, 0) is 43.7 Å². The van der Waals surface area contributed by atoms with Gasteiger partial charge in [0.2, 0.25) is 0 Å². The van der Waals surface area contributed by atoms with Crippen molar-refractivity contribution in [2.75, 3.05) is 13.1 Å². The molecule has 0 radical (unpaired) electrons. The standard InChI is InChI=1S/C23H27N3O/c1-3-13-25-14-12-21-20(16-25)23(27)24-22-19(11-15-26(21)22)10-6-9-18-8-5-4-7-17(18)2/h1,4-5,7-8,19H,6,9-16H2,2H3. The van der Waals surface area contributed by atoms with E-state index in [1.165, 1.54) is 16.8 Å². The fourth-order valence-corrected chi connectivity index (χ4v) is 4.61. The van der Waals surface area contributed by atoms with Crippen LogP contribution >= 0.6 is 0 Å². The van der Waals surface area contributed by atoms with Crippen LogP contribution in [0.4, 0.5) is 0 Å². The lowest BCUT2D eigenvalue weighted by Gasteiger charge is -2.28. The highest BCUT2D eigenvalue weighted by molar-refractivity contribution is 5.27. The Bertz CT molecular complexity index is 938. The second-order valence-electron chi connectivity index (χ2n) is 7.82. The van der Waals surface area contributed by atoms with Crippen molar-refractivity contribution in [2.24, 2.45) is 0 Å². The predicted octanol–water partition coefficient (Wildman–Crippen LogP) is 3.05. The van der Waals surface area contributed by atoms with E-state index in [2.05, 4.69) is 51.6 Å². The zero-order valence-corrected chi connectivity index (χ0v) is 16.1. The summed E-state index contributed by atoms with van der Waals surface area (Å²) < 4.78 is 2.34. The van der Waals surface area contributed by atoms with Gasteiger partial charge in [-0.2, -0.15) is 4.98 Å². The van der Waals surface area contributed by atoms with Gasteiger partial charge in [-0.3, -0.25) is 9.69 Å². The zero-order chi connectivity index (χ0) is 18.8. The molecule has 2 aliphatic heterocycles. The van der Waals surface area contributed by atoms with E-state index >= 15 is 0 Å². The lowest BCUT2D eigenvalue weighted by molar-refractivity contribution is 0.277. The molecule has 3 heterocycles. The van der Waals surface area contributed by atoms with Crippen molar-refractivity contribution >= 4 is 0 Å². The average molecular weight is 361 g/mol. The van der Waals surface area contributed by atoms with Gasteiger partial charge in [0.05, 0.1) is 12.1 Å². The predicted molar refractivity (Wildman–Crippen MR) is 108 cm³/mol. The lowest BCUT2D eigenvalue weighted by atomic mass is 9.96. The summed E-state index contributed by atoms with van der Waals surface area (Å²) in [6, 6.07) is 8.61. The molecule has 0 fully saturated rings. The minimum absolute atomic E-state index is 0.0382. The van der Waals surface area contributed by atoms with Crippen LogP contribution in [0.3, 0.4) is 0 Å². The smallest absolute Gasteiger partial charge is 0.277 e. The van der Waals surface area contributed by atoms with Crippen LogP contribution in [0.1, 0.15) is 53.4 Å². The fourth-order valence-electron chi connectivity index (χ4n) is 4.61. The number of hydrogen-bond acceptors (Lipinski definition) is 3. The second kappa shape index (κ2) is 7.70. The van der Waals surface area contributed by atoms with Crippen molar-refractivity contribution in [3.8, 4) is 12.3 Å². The topological polar surface area (TPSA) is 38.1 Å². The summed E-state index contributed by atoms with van der Waals surface area (Å²) in [4.78, 5) is 19.3. The first-order valence-corrected chi connectivity index (χ1v) is 10.00. The first-order valence-electron chi connectivity index (χ1n) is 10.00. The van der Waals surface area contributed by atoms with Gasteiger partial charge in [-0.25, -0.2) is 0 Å². The minimum Gasteiger partial charge on any atom is -0.333 e. The number of rotatable bonds is 5. The Kier molecular flexibility index (Phi) is 5.13. The lowest BCUT2D eigenvalue weighted by Crippen LogP contribution is -2.37. The molecule has 140 valence electrons. The van der Waals surface area contributed by atoms with Gasteiger partial charge in [-0.1, -0.05) is 30.2 Å². The number of aromatic nitrogens is 2. The van der Waals surface area contributed by atoms with Gasteiger partial charge in [0, 0.05) is 37.7 Å². The Hall–Kier alpha value is -2.38. The van der Waals surface area contributed by atoms with Gasteiger partial charge in [-0.15, -0.1) is 6.42 Å². The monoisotopic (exact) mass is 361 g/mol. The Morgan fingerprint density at radius 2 is 2.15 bits per heavy atom. The van der Waals surface area contributed by atoms with Gasteiger partial charge < -0.3 is 4.57 Å². The molecule has 27 heavy (non-hydrogen) atoms. The number of fused-ring (bicyclic) bond motifs is 3. The van der Waals surface area contributed by atoms with Gasteiger partial charge >= 0.3 is 0 Å². The van der Waals surface area contributed by atoms with Crippen LogP contribution in [0, 0.1) is 19.3 Å². The molecule has 1 aromatic heterocycles. The molecule has 4 rings (SSSR count). The first kappa shape index (κ1) is 18.0. The highest BCUT2D eigenvalue weighted by Gasteiger charge is 2.30. The molecule has 4 nitrogen and oxygen atoms in total. The number of aryl methyl sites for hydroxylation is 2. The molecule has 0 amide bonds. The van der Waals surface area contributed by atoms with Crippen molar-refractivity contribution in [3.63, 3.8) is 0 Å². The quantitative estimate of drug-likeness (QED) is 0.768. The molecule has 0 saturated heterocycles. The number of benzene rings is 1. The first-order chi connectivity index (χ1) is 13.2. The van der Waals surface area contributed by atoms with Crippen LogP contribution in [-0.2, 0) is 25.9 Å². The molecule has 0 saturated carbocycles. The maximum absolute atomic E-state index is 12.7.